The van der Waals surface area contributed by atoms with E-state index in [1.807, 2.05) is 0 Å². The lowest BCUT2D eigenvalue weighted by atomic mass is 10.0. The summed E-state index contributed by atoms with van der Waals surface area (Å²) in [5.74, 6) is -0.802. The number of unbranched alkanes of at least 4 members (excludes halogenated alkanes) is 57. The lowest BCUT2D eigenvalue weighted by Crippen LogP contribution is -2.29. The van der Waals surface area contributed by atoms with Gasteiger partial charge < -0.3 is 20.1 Å². The Morgan fingerprint density at radius 1 is 0.316 bits per heavy atom. The normalized spacial score (nSPS) is 13.1. The molecule has 0 aliphatic carbocycles. The maximum Gasteiger partial charge on any atom is 0.472 e. The number of hydrogen-bond acceptors (Lipinski definition) is 8. The van der Waals surface area contributed by atoms with Crippen LogP contribution in [-0.2, 0) is 32.7 Å². The molecule has 558 valence electrons. The third-order valence-corrected chi connectivity index (χ3v) is 19.9. The number of rotatable bonds is 80. The molecule has 0 aromatic rings. The molecule has 0 spiro atoms. The zero-order valence-corrected chi connectivity index (χ0v) is 64.1. The Kier molecular flexibility index (Phi) is 78.7. The van der Waals surface area contributed by atoms with Gasteiger partial charge in [0.15, 0.2) is 6.10 Å². The Bertz CT molecular complexity index is 1750. The van der Waals surface area contributed by atoms with Crippen LogP contribution in [-0.4, -0.2) is 49.3 Å². The molecule has 0 radical (unpaired) electrons. The van der Waals surface area contributed by atoms with Gasteiger partial charge in [0.05, 0.1) is 13.2 Å². The molecule has 2 atom stereocenters. The first-order valence-corrected chi connectivity index (χ1v) is 43.3. The molecule has 9 nitrogen and oxygen atoms in total. The van der Waals surface area contributed by atoms with Crippen molar-refractivity contribution in [3.63, 3.8) is 0 Å². The van der Waals surface area contributed by atoms with Crippen LogP contribution in [0.3, 0.4) is 0 Å². The molecule has 0 aromatic carbocycles. The molecule has 0 saturated heterocycles. The number of carbonyl (C=O) groups excluding carboxylic acids is 2. The van der Waals surface area contributed by atoms with Gasteiger partial charge in [-0.25, -0.2) is 4.57 Å². The third-order valence-electron chi connectivity index (χ3n) is 18.9. The lowest BCUT2D eigenvalue weighted by molar-refractivity contribution is -0.161. The fourth-order valence-corrected chi connectivity index (χ4v) is 13.4. The first kappa shape index (κ1) is 92.7. The number of esters is 2. The number of ether oxygens (including phenoxy) is 2. The molecule has 0 rings (SSSR count). The highest BCUT2D eigenvalue weighted by Gasteiger charge is 2.26. The Morgan fingerprint density at radius 2 is 0.547 bits per heavy atom. The van der Waals surface area contributed by atoms with Gasteiger partial charge in [-0.3, -0.25) is 18.6 Å². The standard InChI is InChI=1S/C85H160NO8P/c1-3-5-7-9-11-13-15-17-19-21-23-25-27-29-31-33-35-37-39-40-41-42-44-46-48-50-52-54-56-58-60-62-64-66-68-70-72-74-76-78-85(88)94-83(82-93-95(89,90)92-80-79-86)81-91-84(87)77-75-73-71-69-67-65-63-61-59-57-55-53-51-49-47-45-43-38-36-34-32-30-28-26-24-22-20-18-16-14-12-10-8-6-4-2/h15-18,21-24,27,29,83H,3-14,19-20,25-26,28,30-82,86H2,1-2H3,(H,89,90)/b17-15-,18-16-,23-21-,24-22-,29-27-. The van der Waals surface area contributed by atoms with Crippen molar-refractivity contribution in [2.75, 3.05) is 26.4 Å². The summed E-state index contributed by atoms with van der Waals surface area (Å²) in [4.78, 5) is 35.5. The monoisotopic (exact) mass is 1350 g/mol. The van der Waals surface area contributed by atoms with Crippen molar-refractivity contribution in [2.24, 2.45) is 5.73 Å². The average Bonchev–Trinajstić information content (AvgIpc) is 3.16. The molecule has 3 N–H and O–H groups in total. The van der Waals surface area contributed by atoms with Crippen molar-refractivity contribution in [1.82, 2.24) is 0 Å². The molecule has 2 unspecified atom stereocenters. The summed E-state index contributed by atoms with van der Waals surface area (Å²) in [7, 11) is -4.40. The minimum absolute atomic E-state index is 0.0557. The van der Waals surface area contributed by atoms with Crippen molar-refractivity contribution in [2.45, 2.75) is 444 Å². The average molecular weight is 1360 g/mol. The molecule has 0 amide bonds. The van der Waals surface area contributed by atoms with E-state index in [1.54, 1.807) is 0 Å². The Hall–Kier alpha value is -2.29. The van der Waals surface area contributed by atoms with Crippen molar-refractivity contribution >= 4 is 19.8 Å². The largest absolute Gasteiger partial charge is 0.472 e. The second kappa shape index (κ2) is 80.7. The Morgan fingerprint density at radius 3 is 0.811 bits per heavy atom. The van der Waals surface area contributed by atoms with Crippen LogP contribution in [0, 0.1) is 0 Å². The highest BCUT2D eigenvalue weighted by atomic mass is 31.2. The number of hydrogen-bond donors (Lipinski definition) is 2. The SMILES string of the molecule is CCCCCCC/C=C\C/C=C\C/C=C\CCCCCCCCCCCCCCCCCCCCCCCCCCC(=O)OC(COC(=O)CCCCCCCCCCCCCCCCCCCCCCCCC/C=C\C/C=C\CCCCCCC)COP(=O)(O)OCCN. The van der Waals surface area contributed by atoms with Crippen molar-refractivity contribution in [3.8, 4) is 0 Å². The first-order valence-electron chi connectivity index (χ1n) is 41.8. The van der Waals surface area contributed by atoms with E-state index in [1.165, 1.54) is 353 Å². The van der Waals surface area contributed by atoms with Gasteiger partial charge in [0, 0.05) is 19.4 Å². The van der Waals surface area contributed by atoms with E-state index in [-0.39, 0.29) is 38.6 Å². The van der Waals surface area contributed by atoms with Crippen LogP contribution in [0.5, 0.6) is 0 Å². The summed E-state index contributed by atoms with van der Waals surface area (Å²) in [5.41, 5.74) is 5.42. The van der Waals surface area contributed by atoms with E-state index in [9.17, 15) is 19.0 Å². The summed E-state index contributed by atoms with van der Waals surface area (Å²) < 4.78 is 33.3. The van der Waals surface area contributed by atoms with Crippen molar-refractivity contribution < 1.29 is 37.6 Å². The summed E-state index contributed by atoms with van der Waals surface area (Å²) in [6, 6.07) is 0. The van der Waals surface area contributed by atoms with Gasteiger partial charge in [0.1, 0.15) is 6.61 Å². The minimum Gasteiger partial charge on any atom is -0.462 e. The van der Waals surface area contributed by atoms with Crippen LogP contribution in [0.1, 0.15) is 438 Å². The summed E-state index contributed by atoms with van der Waals surface area (Å²) in [6.07, 6.45) is 107. The number of phosphoric acid groups is 1. The smallest absolute Gasteiger partial charge is 0.462 e. The van der Waals surface area contributed by atoms with Gasteiger partial charge in [0.25, 0.3) is 0 Å². The van der Waals surface area contributed by atoms with Gasteiger partial charge in [-0.1, -0.05) is 402 Å². The summed E-state index contributed by atoms with van der Waals surface area (Å²) in [5, 5.41) is 0. The van der Waals surface area contributed by atoms with Gasteiger partial charge >= 0.3 is 19.8 Å². The summed E-state index contributed by atoms with van der Waals surface area (Å²) in [6.45, 7) is 3.80. The van der Waals surface area contributed by atoms with Crippen molar-refractivity contribution in [3.05, 3.63) is 60.8 Å². The topological polar surface area (TPSA) is 134 Å². The highest BCUT2D eigenvalue weighted by molar-refractivity contribution is 7.47. The number of carbonyl (C=O) groups is 2. The van der Waals surface area contributed by atoms with E-state index in [0.717, 1.165) is 51.4 Å². The predicted octanol–water partition coefficient (Wildman–Crippen LogP) is 28.1. The molecule has 0 heterocycles. The molecule has 0 saturated carbocycles. The van der Waals surface area contributed by atoms with Gasteiger partial charge in [-0.05, 0) is 83.5 Å². The second-order valence-electron chi connectivity index (χ2n) is 28.3. The quantitative estimate of drug-likeness (QED) is 0.0264. The first-order chi connectivity index (χ1) is 46.8. The molecule has 0 bridgehead atoms. The van der Waals surface area contributed by atoms with Gasteiger partial charge in [0.2, 0.25) is 0 Å². The lowest BCUT2D eigenvalue weighted by Gasteiger charge is -2.19. The van der Waals surface area contributed by atoms with E-state index >= 15 is 0 Å². The zero-order valence-electron chi connectivity index (χ0n) is 63.2. The number of allylic oxidation sites excluding steroid dienone is 10. The Balaban J connectivity index is 3.74. The molecule has 0 fully saturated rings. The van der Waals surface area contributed by atoms with E-state index in [2.05, 4.69) is 74.6 Å². The zero-order chi connectivity index (χ0) is 68.6. The van der Waals surface area contributed by atoms with E-state index in [0.29, 0.717) is 6.42 Å². The van der Waals surface area contributed by atoms with Crippen LogP contribution in [0.25, 0.3) is 0 Å². The van der Waals surface area contributed by atoms with Gasteiger partial charge in [-0.2, -0.15) is 0 Å². The molecule has 10 heteroatoms. The van der Waals surface area contributed by atoms with E-state index in [4.69, 9.17) is 24.3 Å². The highest BCUT2D eigenvalue weighted by Crippen LogP contribution is 2.43. The molecule has 0 aromatic heterocycles. The fraction of sp³-hybridized carbons (Fsp3) is 0.859. The number of nitrogens with two attached hydrogens (primary N) is 1. The van der Waals surface area contributed by atoms with Gasteiger partial charge in [-0.15, -0.1) is 0 Å². The molecular formula is C85H160NO8P. The predicted molar refractivity (Wildman–Crippen MR) is 413 cm³/mol. The third kappa shape index (κ3) is 80.6. The molecular weight excluding hydrogens is 1190 g/mol. The van der Waals surface area contributed by atoms with Crippen LogP contribution >= 0.6 is 7.82 Å². The maximum atomic E-state index is 12.8. The fourth-order valence-electron chi connectivity index (χ4n) is 12.7. The maximum absolute atomic E-state index is 12.8. The van der Waals surface area contributed by atoms with E-state index < -0.39 is 26.5 Å². The number of phosphoric ester groups is 1. The van der Waals surface area contributed by atoms with Crippen LogP contribution < -0.4 is 5.73 Å². The second-order valence-corrected chi connectivity index (χ2v) is 29.8. The van der Waals surface area contributed by atoms with Crippen LogP contribution in [0.4, 0.5) is 0 Å². The minimum atomic E-state index is -4.40. The molecule has 0 aliphatic rings. The van der Waals surface area contributed by atoms with Crippen LogP contribution in [0.15, 0.2) is 60.8 Å². The summed E-state index contributed by atoms with van der Waals surface area (Å²) >= 11 is 0. The molecule has 95 heavy (non-hydrogen) atoms. The van der Waals surface area contributed by atoms with Crippen molar-refractivity contribution in [1.29, 1.82) is 0 Å². The Labute approximate surface area is 590 Å². The molecule has 0 aliphatic heterocycles. The van der Waals surface area contributed by atoms with Crippen LogP contribution in [0.2, 0.25) is 0 Å².